The lowest BCUT2D eigenvalue weighted by molar-refractivity contribution is 0.0640. The second-order valence-electron chi connectivity index (χ2n) is 6.17. The number of phenolic OH excluding ortho intramolecular Hbond substituents is 1. The minimum Gasteiger partial charge on any atom is -0.505 e. The highest BCUT2D eigenvalue weighted by Gasteiger charge is 2.42. The molecule has 1 aliphatic heterocycles. The summed E-state index contributed by atoms with van der Waals surface area (Å²) in [6, 6.07) is 12.7. The number of hydrogen-bond acceptors (Lipinski definition) is 6. The molecule has 1 aromatic heterocycles. The molecule has 142 valence electrons. The first-order valence-electron chi connectivity index (χ1n) is 8.53. The fourth-order valence-corrected chi connectivity index (χ4v) is 3.96. The molecule has 2 amide bonds. The lowest BCUT2D eigenvalue weighted by Crippen LogP contribution is -2.29. The second-order valence-corrected chi connectivity index (χ2v) is 8.67. The van der Waals surface area contributed by atoms with Gasteiger partial charge in [0.05, 0.1) is 18.7 Å². The van der Waals surface area contributed by atoms with E-state index in [0.717, 1.165) is 10.5 Å². The zero-order chi connectivity index (χ0) is 19.7. The highest BCUT2D eigenvalue weighted by molar-refractivity contribution is 14.2. The Labute approximate surface area is 177 Å². The summed E-state index contributed by atoms with van der Waals surface area (Å²) in [4.78, 5) is 31.5. The van der Waals surface area contributed by atoms with Gasteiger partial charge >= 0.3 is 0 Å². The Hall–Kier alpha value is -2.33. The predicted molar refractivity (Wildman–Crippen MR) is 116 cm³/mol. The van der Waals surface area contributed by atoms with E-state index in [1.807, 2.05) is 30.3 Å². The van der Waals surface area contributed by atoms with Crippen molar-refractivity contribution in [3.05, 3.63) is 65.4 Å². The zero-order valence-electron chi connectivity index (χ0n) is 14.6. The molecule has 3 aromatic rings. The minimum absolute atomic E-state index is 0.0377. The average molecular weight is 506 g/mol. The van der Waals surface area contributed by atoms with Crippen LogP contribution < -0.4 is 4.74 Å². The molecule has 2 aromatic carbocycles. The van der Waals surface area contributed by atoms with Crippen LogP contribution in [0, 0.1) is 0 Å². The summed E-state index contributed by atoms with van der Waals surface area (Å²) >= 11 is 2.17. The molecule has 28 heavy (non-hydrogen) atoms. The standard InChI is InChI=1S/C20H15IN2O4S/c21-28-10-9-27-18-13-7-4-8-22-16(13)17(24)14-15(18)20(26)23(19(14)25)11-12-5-2-1-3-6-12/h1-8,24H,9-11H2. The Morgan fingerprint density at radius 1 is 1.07 bits per heavy atom. The predicted octanol–water partition coefficient (Wildman–Crippen LogP) is 4.20. The quantitative estimate of drug-likeness (QED) is 0.307. The molecule has 0 aliphatic carbocycles. The maximum Gasteiger partial charge on any atom is 0.265 e. The number of amides is 2. The fourth-order valence-electron chi connectivity index (χ4n) is 3.27. The van der Waals surface area contributed by atoms with Gasteiger partial charge in [-0.15, -0.1) is 0 Å². The lowest BCUT2D eigenvalue weighted by Gasteiger charge is -2.14. The normalized spacial score (nSPS) is 13.2. The number of halogens is 1. The fraction of sp³-hybridized carbons (Fsp3) is 0.150. The van der Waals surface area contributed by atoms with Crippen LogP contribution in [-0.2, 0) is 6.54 Å². The molecule has 0 bridgehead atoms. The molecule has 0 atom stereocenters. The molecular weight excluding hydrogens is 491 g/mol. The summed E-state index contributed by atoms with van der Waals surface area (Å²) in [5.74, 6) is -0.275. The summed E-state index contributed by atoms with van der Waals surface area (Å²) in [7, 11) is 1.58. The van der Waals surface area contributed by atoms with Gasteiger partial charge in [0.15, 0.2) is 5.75 Å². The Morgan fingerprint density at radius 3 is 2.57 bits per heavy atom. The number of hydrogen-bond donors (Lipinski definition) is 1. The van der Waals surface area contributed by atoms with Crippen LogP contribution in [0.3, 0.4) is 0 Å². The Balaban J connectivity index is 1.85. The van der Waals surface area contributed by atoms with Crippen LogP contribution >= 0.6 is 30.1 Å². The van der Waals surface area contributed by atoms with Crippen LogP contribution in [0.2, 0.25) is 0 Å². The van der Waals surface area contributed by atoms with E-state index in [0.29, 0.717) is 23.5 Å². The van der Waals surface area contributed by atoms with Crippen molar-refractivity contribution in [2.24, 2.45) is 0 Å². The number of rotatable bonds is 6. The van der Waals surface area contributed by atoms with Gasteiger partial charge in [0, 0.05) is 17.3 Å². The van der Waals surface area contributed by atoms with Gasteiger partial charge in [-0.05, 0) is 38.9 Å². The third-order valence-electron chi connectivity index (χ3n) is 4.50. The summed E-state index contributed by atoms with van der Waals surface area (Å²) < 4.78 is 5.90. The van der Waals surface area contributed by atoms with Gasteiger partial charge in [0.2, 0.25) is 0 Å². The number of imide groups is 1. The van der Waals surface area contributed by atoms with Crippen molar-refractivity contribution in [2.45, 2.75) is 6.54 Å². The second kappa shape index (κ2) is 7.96. The maximum absolute atomic E-state index is 13.1. The topological polar surface area (TPSA) is 79.7 Å². The third-order valence-corrected chi connectivity index (χ3v) is 6.14. The number of carbonyl (C=O) groups is 2. The lowest BCUT2D eigenvalue weighted by atomic mass is 10.0. The summed E-state index contributed by atoms with van der Waals surface area (Å²) in [6.45, 7) is 0.494. The Bertz CT molecular complexity index is 1070. The van der Waals surface area contributed by atoms with Crippen LogP contribution in [-0.4, -0.2) is 39.2 Å². The third kappa shape index (κ3) is 3.20. The summed E-state index contributed by atoms with van der Waals surface area (Å²) in [6.07, 6.45) is 1.53. The van der Waals surface area contributed by atoms with Crippen molar-refractivity contribution in [3.8, 4) is 11.5 Å². The highest BCUT2D eigenvalue weighted by Crippen LogP contribution is 2.44. The van der Waals surface area contributed by atoms with Crippen molar-refractivity contribution in [1.82, 2.24) is 9.88 Å². The van der Waals surface area contributed by atoms with Gasteiger partial charge in [-0.3, -0.25) is 19.5 Å². The maximum atomic E-state index is 13.1. The zero-order valence-corrected chi connectivity index (χ0v) is 17.6. The van der Waals surface area contributed by atoms with Crippen molar-refractivity contribution in [2.75, 3.05) is 12.4 Å². The molecule has 0 radical (unpaired) electrons. The Morgan fingerprint density at radius 2 is 1.82 bits per heavy atom. The number of fused-ring (bicyclic) bond motifs is 2. The number of benzene rings is 2. The number of pyridine rings is 1. The Kier molecular flexibility index (Phi) is 5.40. The largest absolute Gasteiger partial charge is 0.505 e. The van der Waals surface area contributed by atoms with Crippen LogP contribution in [0.25, 0.3) is 10.9 Å². The van der Waals surface area contributed by atoms with E-state index >= 15 is 0 Å². The first-order chi connectivity index (χ1) is 13.6. The number of ether oxygens (including phenoxy) is 1. The molecule has 1 N–H and O–H groups in total. The van der Waals surface area contributed by atoms with Crippen LogP contribution in [0.15, 0.2) is 48.7 Å². The number of carbonyl (C=O) groups excluding carboxylic acids is 2. The first kappa shape index (κ1) is 19.0. The molecule has 8 heteroatoms. The average Bonchev–Trinajstić information content (AvgIpc) is 2.96. The number of nitrogens with zero attached hydrogens (tertiary/aromatic N) is 2. The van der Waals surface area contributed by atoms with Crippen LogP contribution in [0.4, 0.5) is 0 Å². The van der Waals surface area contributed by atoms with E-state index in [1.54, 1.807) is 21.1 Å². The molecule has 4 rings (SSSR count). The molecule has 0 unspecified atom stereocenters. The monoisotopic (exact) mass is 506 g/mol. The van der Waals surface area contributed by atoms with Gasteiger partial charge in [-0.2, -0.15) is 0 Å². The van der Waals surface area contributed by atoms with E-state index in [9.17, 15) is 14.7 Å². The molecule has 6 nitrogen and oxygen atoms in total. The van der Waals surface area contributed by atoms with E-state index in [1.165, 1.54) is 6.20 Å². The van der Waals surface area contributed by atoms with Gasteiger partial charge in [-0.1, -0.05) is 39.3 Å². The molecule has 1 aliphatic rings. The van der Waals surface area contributed by atoms with E-state index in [2.05, 4.69) is 26.2 Å². The van der Waals surface area contributed by atoms with E-state index < -0.39 is 11.8 Å². The van der Waals surface area contributed by atoms with Gasteiger partial charge in [0.25, 0.3) is 11.8 Å². The molecule has 0 saturated carbocycles. The SMILES string of the molecule is O=C1c2c(c(O)c3ncccc3c2OCCSI)C(=O)N1Cc1ccccc1. The van der Waals surface area contributed by atoms with Crippen molar-refractivity contribution >= 4 is 52.9 Å². The van der Waals surface area contributed by atoms with Gasteiger partial charge in [-0.25, -0.2) is 0 Å². The molecule has 0 saturated heterocycles. The summed E-state index contributed by atoms with van der Waals surface area (Å²) in [5, 5.41) is 11.2. The smallest absolute Gasteiger partial charge is 0.265 e. The van der Waals surface area contributed by atoms with Gasteiger partial charge < -0.3 is 9.84 Å². The number of aromatic nitrogens is 1. The molecule has 0 spiro atoms. The van der Waals surface area contributed by atoms with Gasteiger partial charge in [0.1, 0.15) is 16.8 Å². The number of aromatic hydroxyl groups is 1. The molecular formula is C20H15IN2O4S. The molecule has 2 heterocycles. The van der Waals surface area contributed by atoms with E-state index in [-0.39, 0.29) is 28.9 Å². The highest BCUT2D eigenvalue weighted by atomic mass is 127. The van der Waals surface area contributed by atoms with Crippen LogP contribution in [0.5, 0.6) is 11.5 Å². The van der Waals surface area contributed by atoms with Crippen molar-refractivity contribution in [3.63, 3.8) is 0 Å². The van der Waals surface area contributed by atoms with Crippen molar-refractivity contribution in [1.29, 1.82) is 0 Å². The number of phenols is 1. The molecule has 0 fully saturated rings. The van der Waals surface area contributed by atoms with E-state index in [4.69, 9.17) is 4.74 Å². The minimum atomic E-state index is -0.540. The van der Waals surface area contributed by atoms with Crippen LogP contribution in [0.1, 0.15) is 26.3 Å². The summed E-state index contributed by atoms with van der Waals surface area (Å²) in [5.41, 5.74) is 1.14. The van der Waals surface area contributed by atoms with Crippen molar-refractivity contribution < 1.29 is 19.4 Å². The first-order valence-corrected chi connectivity index (χ1v) is 12.1.